The number of nitrogens with zero attached hydrogens (tertiary/aromatic N) is 4. The fourth-order valence-corrected chi connectivity index (χ4v) is 5.18. The molecular weight excluding hydrogens is 494 g/mol. The van der Waals surface area contributed by atoms with Crippen LogP contribution < -0.4 is 10.1 Å². The highest BCUT2D eigenvalue weighted by Gasteiger charge is 2.22. The van der Waals surface area contributed by atoms with Crippen molar-refractivity contribution in [3.63, 3.8) is 0 Å². The molecule has 0 radical (unpaired) electrons. The predicted molar refractivity (Wildman–Crippen MR) is 150 cm³/mol. The number of nitrogens with one attached hydrogen (secondary N) is 1. The Hall–Kier alpha value is -4.14. The van der Waals surface area contributed by atoms with Crippen LogP contribution in [0.5, 0.6) is 5.88 Å². The Morgan fingerprint density at radius 2 is 1.97 bits per heavy atom. The van der Waals surface area contributed by atoms with Gasteiger partial charge in [0.05, 0.1) is 42.4 Å². The van der Waals surface area contributed by atoms with E-state index in [1.807, 2.05) is 30.4 Å². The van der Waals surface area contributed by atoms with Crippen molar-refractivity contribution in [3.05, 3.63) is 59.4 Å². The summed E-state index contributed by atoms with van der Waals surface area (Å²) >= 11 is 0. The number of pyridine rings is 2. The first-order valence-corrected chi connectivity index (χ1v) is 13.6. The van der Waals surface area contributed by atoms with Crippen LogP contribution in [0.15, 0.2) is 42.5 Å². The van der Waals surface area contributed by atoms with Crippen molar-refractivity contribution in [1.82, 2.24) is 24.3 Å². The maximum atomic E-state index is 12.5. The number of allylic oxidation sites excluding steroid dienone is 2. The lowest BCUT2D eigenvalue weighted by Crippen LogP contribution is -2.27. The summed E-state index contributed by atoms with van der Waals surface area (Å²) in [6.45, 7) is 6.66. The highest BCUT2D eigenvalue weighted by Crippen LogP contribution is 2.33. The number of rotatable bonds is 4. The van der Waals surface area contributed by atoms with Gasteiger partial charge in [0.15, 0.2) is 5.88 Å². The van der Waals surface area contributed by atoms with Gasteiger partial charge in [-0.25, -0.2) is 14.8 Å². The van der Waals surface area contributed by atoms with Gasteiger partial charge in [0.2, 0.25) is 5.91 Å². The summed E-state index contributed by atoms with van der Waals surface area (Å²) in [5, 5.41) is 4.09. The van der Waals surface area contributed by atoms with Crippen LogP contribution in [0, 0.1) is 6.92 Å². The maximum Gasteiger partial charge on any atom is 0.338 e. The Balaban J connectivity index is 1.66. The van der Waals surface area contributed by atoms with Crippen LogP contribution in [0.3, 0.4) is 0 Å². The van der Waals surface area contributed by atoms with Crippen molar-refractivity contribution in [2.24, 2.45) is 0 Å². The minimum Gasteiger partial charge on any atom is -0.482 e. The molecule has 1 amide bonds. The van der Waals surface area contributed by atoms with E-state index in [4.69, 9.17) is 19.4 Å². The van der Waals surface area contributed by atoms with Crippen molar-refractivity contribution < 1.29 is 19.1 Å². The van der Waals surface area contributed by atoms with Crippen molar-refractivity contribution in [2.45, 2.75) is 65.5 Å². The first-order chi connectivity index (χ1) is 18.9. The number of hydrogen-bond donors (Lipinski definition) is 1. The number of carbonyl (C=O) groups excluding carboxylic acids is 2. The molecule has 0 saturated carbocycles. The van der Waals surface area contributed by atoms with Gasteiger partial charge in [0, 0.05) is 24.4 Å². The fraction of sp³-hybridized carbons (Fsp3) is 0.400. The van der Waals surface area contributed by atoms with E-state index < -0.39 is 5.97 Å². The lowest BCUT2D eigenvalue weighted by molar-refractivity contribution is -0.121. The highest BCUT2D eigenvalue weighted by molar-refractivity contribution is 5.91. The molecule has 9 heteroatoms. The Labute approximate surface area is 227 Å². The van der Waals surface area contributed by atoms with E-state index in [2.05, 4.69) is 28.1 Å². The zero-order chi connectivity index (χ0) is 27.5. The molecule has 1 N–H and O–H groups in total. The molecule has 0 aliphatic carbocycles. The second-order valence-corrected chi connectivity index (χ2v) is 9.90. The van der Waals surface area contributed by atoms with Gasteiger partial charge < -0.3 is 19.4 Å². The SMILES string of the molecule is CCOC(=O)c1cc(OC)n2c(C)c(-c3cc4ccc5nc4n3C/C=C\CCCCCC(=O)N[C@@H]5C)nc2c1. The summed E-state index contributed by atoms with van der Waals surface area (Å²) in [5.41, 5.74) is 5.22. The van der Waals surface area contributed by atoms with E-state index >= 15 is 0 Å². The van der Waals surface area contributed by atoms with Gasteiger partial charge in [-0.1, -0.05) is 18.6 Å². The number of fused-ring (bicyclic) bond motifs is 2. The van der Waals surface area contributed by atoms with E-state index in [9.17, 15) is 9.59 Å². The van der Waals surface area contributed by atoms with Gasteiger partial charge in [-0.2, -0.15) is 0 Å². The molecule has 0 spiro atoms. The molecule has 4 aromatic rings. The molecule has 0 saturated heterocycles. The Bertz CT molecular complexity index is 1560. The van der Waals surface area contributed by atoms with Gasteiger partial charge in [-0.3, -0.25) is 9.20 Å². The maximum absolute atomic E-state index is 12.5. The van der Waals surface area contributed by atoms with Gasteiger partial charge in [0.1, 0.15) is 17.0 Å². The average molecular weight is 530 g/mol. The number of aryl methyl sites for hydroxylation is 1. The molecule has 4 aromatic heterocycles. The Morgan fingerprint density at radius 3 is 2.77 bits per heavy atom. The zero-order valence-corrected chi connectivity index (χ0v) is 23.0. The summed E-state index contributed by atoms with van der Waals surface area (Å²) in [6, 6.07) is 9.33. The molecule has 0 fully saturated rings. The lowest BCUT2D eigenvalue weighted by Gasteiger charge is -2.14. The van der Waals surface area contributed by atoms with Crippen LogP contribution >= 0.6 is 0 Å². The van der Waals surface area contributed by atoms with E-state index in [1.54, 1.807) is 26.2 Å². The van der Waals surface area contributed by atoms with Crippen molar-refractivity contribution in [3.8, 4) is 17.3 Å². The number of methoxy groups -OCH3 is 1. The van der Waals surface area contributed by atoms with Crippen molar-refractivity contribution in [2.75, 3.05) is 13.7 Å². The molecule has 0 unspecified atom stereocenters. The first-order valence-electron chi connectivity index (χ1n) is 13.6. The summed E-state index contributed by atoms with van der Waals surface area (Å²) < 4.78 is 14.9. The number of esters is 1. The number of carbonyl (C=O) groups is 2. The minimum atomic E-state index is -0.415. The van der Waals surface area contributed by atoms with Crippen LogP contribution in [0.25, 0.3) is 28.1 Å². The molecule has 5 rings (SSSR count). The summed E-state index contributed by atoms with van der Waals surface area (Å²) in [6.07, 6.45) is 8.83. The molecule has 0 aromatic carbocycles. The van der Waals surface area contributed by atoms with Gasteiger partial charge in [0.25, 0.3) is 0 Å². The third-order valence-corrected chi connectivity index (χ3v) is 7.20. The summed E-state index contributed by atoms with van der Waals surface area (Å²) in [4.78, 5) is 34.9. The van der Waals surface area contributed by atoms with Gasteiger partial charge >= 0.3 is 5.97 Å². The van der Waals surface area contributed by atoms with Gasteiger partial charge in [-0.05, 0) is 64.3 Å². The third kappa shape index (κ3) is 5.26. The fourth-order valence-electron chi connectivity index (χ4n) is 5.18. The van der Waals surface area contributed by atoms with Crippen LogP contribution in [0.1, 0.15) is 73.7 Å². The van der Waals surface area contributed by atoms with E-state index in [0.717, 1.165) is 59.5 Å². The van der Waals surface area contributed by atoms with Crippen LogP contribution in [-0.2, 0) is 16.1 Å². The first kappa shape index (κ1) is 26.5. The van der Waals surface area contributed by atoms with Crippen molar-refractivity contribution >= 4 is 28.6 Å². The predicted octanol–water partition coefficient (Wildman–Crippen LogP) is 5.54. The normalized spacial score (nSPS) is 17.5. The molecule has 1 aliphatic heterocycles. The molecule has 5 heterocycles. The second kappa shape index (κ2) is 11.3. The van der Waals surface area contributed by atoms with Crippen LogP contribution in [0.4, 0.5) is 0 Å². The topological polar surface area (TPSA) is 99.8 Å². The van der Waals surface area contributed by atoms with E-state index in [0.29, 0.717) is 30.1 Å². The van der Waals surface area contributed by atoms with Crippen LogP contribution in [0.2, 0.25) is 0 Å². The van der Waals surface area contributed by atoms with E-state index in [-0.39, 0.29) is 18.6 Å². The molecule has 1 aliphatic rings. The standard InChI is InChI=1S/C30H35N5O4/c1-5-39-30(37)22-17-25-33-28(20(3)35(25)27(18-22)38-4)24-16-21-13-14-23-19(2)31-26(36)12-10-8-6-7-9-11-15-34(24)29(21)32-23/h9,11,13-14,16-19H,5-8,10,12,15H2,1-4H3,(H,31,36)/b11-9-/t19-/m1/s1. The number of amides is 1. The monoisotopic (exact) mass is 529 g/mol. The Morgan fingerprint density at radius 1 is 1.13 bits per heavy atom. The molecule has 39 heavy (non-hydrogen) atoms. The third-order valence-electron chi connectivity index (χ3n) is 7.20. The molecule has 204 valence electrons. The number of imidazole rings is 1. The number of hydrogen-bond acceptors (Lipinski definition) is 6. The van der Waals surface area contributed by atoms with E-state index in [1.165, 1.54) is 0 Å². The average Bonchev–Trinajstić information content (AvgIpc) is 3.45. The molecule has 1 atom stereocenters. The molecular formula is C30H35N5O4. The summed E-state index contributed by atoms with van der Waals surface area (Å²) in [5.74, 6) is 0.147. The Kier molecular flexibility index (Phi) is 7.67. The number of ether oxygens (including phenoxy) is 2. The lowest BCUT2D eigenvalue weighted by atomic mass is 10.1. The highest BCUT2D eigenvalue weighted by atomic mass is 16.5. The van der Waals surface area contributed by atoms with Crippen molar-refractivity contribution in [1.29, 1.82) is 0 Å². The molecule has 2 bridgehead atoms. The van der Waals surface area contributed by atoms with Crippen LogP contribution in [-0.4, -0.2) is 44.5 Å². The largest absolute Gasteiger partial charge is 0.482 e. The number of aromatic nitrogens is 4. The zero-order valence-electron chi connectivity index (χ0n) is 23.0. The molecule has 9 nitrogen and oxygen atoms in total. The smallest absolute Gasteiger partial charge is 0.338 e. The quantitative estimate of drug-likeness (QED) is 0.275. The van der Waals surface area contributed by atoms with Gasteiger partial charge in [-0.15, -0.1) is 0 Å². The minimum absolute atomic E-state index is 0.0577. The second-order valence-electron chi connectivity index (χ2n) is 9.90. The summed E-state index contributed by atoms with van der Waals surface area (Å²) in [7, 11) is 1.58.